The van der Waals surface area contributed by atoms with E-state index in [9.17, 15) is 4.79 Å². The van der Waals surface area contributed by atoms with E-state index in [1.165, 1.54) is 0 Å². The summed E-state index contributed by atoms with van der Waals surface area (Å²) in [6.07, 6.45) is 6.52. The third kappa shape index (κ3) is 3.62. The fourth-order valence-corrected chi connectivity index (χ4v) is 3.35. The lowest BCUT2D eigenvalue weighted by Crippen LogP contribution is -2.42. The highest BCUT2D eigenvalue weighted by molar-refractivity contribution is 6.46. The lowest BCUT2D eigenvalue weighted by atomic mass is 9.75. The van der Waals surface area contributed by atoms with Gasteiger partial charge in [-0.15, -0.1) is 0 Å². The predicted octanol–water partition coefficient (Wildman–Crippen LogP) is 3.91. The molecule has 2 unspecified atom stereocenters. The molecule has 1 amide bonds. The topological polar surface area (TPSA) is 45.6 Å². The Labute approximate surface area is 140 Å². The van der Waals surface area contributed by atoms with E-state index in [-0.39, 0.29) is 11.3 Å². The monoisotopic (exact) mass is 315 g/mol. The third-order valence-electron chi connectivity index (χ3n) is 5.20. The third-order valence-corrected chi connectivity index (χ3v) is 5.20. The van der Waals surface area contributed by atoms with Gasteiger partial charge >= 0.3 is 0 Å². The van der Waals surface area contributed by atoms with Gasteiger partial charge in [0.15, 0.2) is 0 Å². The van der Waals surface area contributed by atoms with E-state index >= 15 is 0 Å². The summed E-state index contributed by atoms with van der Waals surface area (Å²) in [6, 6.07) is 3.74. The second-order valence-corrected chi connectivity index (χ2v) is 7.79. The standard InChI is InChI=1S/C19H29N3O/c1-7-15(18(2,3)4)10-11-19(5)21-16(17(23)22(19)6)14-9-8-12-20-13-14/h8-9,12-13,15H,7,10-11H2,1-6H3. The second-order valence-electron chi connectivity index (χ2n) is 7.79. The van der Waals surface area contributed by atoms with Crippen molar-refractivity contribution < 1.29 is 4.79 Å². The number of rotatable bonds is 5. The van der Waals surface area contributed by atoms with Crippen molar-refractivity contribution in [2.45, 2.75) is 59.5 Å². The minimum atomic E-state index is -0.457. The molecule has 0 fully saturated rings. The summed E-state index contributed by atoms with van der Waals surface area (Å²) < 4.78 is 0. The van der Waals surface area contributed by atoms with E-state index in [1.54, 1.807) is 17.3 Å². The van der Waals surface area contributed by atoms with Crippen molar-refractivity contribution in [2.75, 3.05) is 7.05 Å². The van der Waals surface area contributed by atoms with Crippen LogP contribution in [0, 0.1) is 11.3 Å². The maximum atomic E-state index is 12.6. The van der Waals surface area contributed by atoms with Crippen LogP contribution in [0.15, 0.2) is 29.5 Å². The van der Waals surface area contributed by atoms with Crippen molar-refractivity contribution in [3.05, 3.63) is 30.1 Å². The first-order chi connectivity index (χ1) is 10.7. The summed E-state index contributed by atoms with van der Waals surface area (Å²) in [5.74, 6) is 0.616. The zero-order valence-corrected chi connectivity index (χ0v) is 15.3. The van der Waals surface area contributed by atoms with E-state index in [4.69, 9.17) is 4.99 Å². The van der Waals surface area contributed by atoms with Gasteiger partial charge in [-0.2, -0.15) is 0 Å². The molecule has 1 aromatic rings. The summed E-state index contributed by atoms with van der Waals surface area (Å²) in [5.41, 5.74) is 1.16. The van der Waals surface area contributed by atoms with Crippen molar-refractivity contribution in [3.63, 3.8) is 0 Å². The van der Waals surface area contributed by atoms with Gasteiger partial charge in [-0.25, -0.2) is 0 Å². The molecule has 0 saturated heterocycles. The molecule has 126 valence electrons. The maximum Gasteiger partial charge on any atom is 0.274 e. The number of carbonyl (C=O) groups excluding carboxylic acids is 1. The number of hydrogen-bond donors (Lipinski definition) is 0. The molecule has 0 aliphatic carbocycles. The second kappa shape index (κ2) is 6.42. The summed E-state index contributed by atoms with van der Waals surface area (Å²) in [6.45, 7) is 11.2. The smallest absolute Gasteiger partial charge is 0.274 e. The Balaban J connectivity index is 2.20. The van der Waals surface area contributed by atoms with Crippen LogP contribution in [-0.4, -0.2) is 34.2 Å². The molecule has 1 aliphatic rings. The average Bonchev–Trinajstić information content (AvgIpc) is 2.72. The van der Waals surface area contributed by atoms with Gasteiger partial charge in [0, 0.05) is 25.0 Å². The van der Waals surface area contributed by atoms with Crippen LogP contribution in [0.25, 0.3) is 0 Å². The van der Waals surface area contributed by atoms with Crippen molar-refractivity contribution >= 4 is 11.6 Å². The Kier molecular flexibility index (Phi) is 4.92. The minimum absolute atomic E-state index is 0.00990. The SMILES string of the molecule is CCC(CCC1(C)N=C(c2cccnc2)C(=O)N1C)C(C)(C)C. The van der Waals surface area contributed by atoms with Crippen molar-refractivity contribution in [3.8, 4) is 0 Å². The molecular formula is C19H29N3O. The van der Waals surface area contributed by atoms with Gasteiger partial charge in [-0.1, -0.05) is 34.1 Å². The first-order valence-corrected chi connectivity index (χ1v) is 8.47. The molecule has 4 heteroatoms. The van der Waals surface area contributed by atoms with Gasteiger partial charge in [-0.05, 0) is 43.2 Å². The highest BCUT2D eigenvalue weighted by atomic mass is 16.2. The van der Waals surface area contributed by atoms with Gasteiger partial charge in [0.25, 0.3) is 5.91 Å². The van der Waals surface area contributed by atoms with Crippen molar-refractivity contribution in [1.29, 1.82) is 0 Å². The zero-order valence-electron chi connectivity index (χ0n) is 15.3. The lowest BCUT2D eigenvalue weighted by molar-refractivity contribution is -0.125. The molecule has 0 saturated carbocycles. The average molecular weight is 315 g/mol. The van der Waals surface area contributed by atoms with Gasteiger partial charge in [0.1, 0.15) is 11.4 Å². The summed E-state index contributed by atoms with van der Waals surface area (Å²) in [7, 11) is 1.85. The highest BCUT2D eigenvalue weighted by Gasteiger charge is 2.42. The van der Waals surface area contributed by atoms with E-state index in [2.05, 4.69) is 39.6 Å². The number of nitrogens with zero attached hydrogens (tertiary/aromatic N) is 3. The number of pyridine rings is 1. The fraction of sp³-hybridized carbons (Fsp3) is 0.632. The molecule has 0 N–H and O–H groups in total. The lowest BCUT2D eigenvalue weighted by Gasteiger charge is -2.35. The summed E-state index contributed by atoms with van der Waals surface area (Å²) >= 11 is 0. The van der Waals surface area contributed by atoms with Crippen LogP contribution in [0.1, 0.15) is 59.4 Å². The largest absolute Gasteiger partial charge is 0.316 e. The molecule has 1 aromatic heterocycles. The van der Waals surface area contributed by atoms with Crippen LogP contribution in [0.5, 0.6) is 0 Å². The van der Waals surface area contributed by atoms with Crippen molar-refractivity contribution in [1.82, 2.24) is 9.88 Å². The number of carbonyl (C=O) groups is 1. The Morgan fingerprint density at radius 1 is 1.35 bits per heavy atom. The first-order valence-electron chi connectivity index (χ1n) is 8.47. The first kappa shape index (κ1) is 17.6. The Morgan fingerprint density at radius 3 is 2.57 bits per heavy atom. The van der Waals surface area contributed by atoms with E-state index in [0.29, 0.717) is 11.6 Å². The van der Waals surface area contributed by atoms with Crippen LogP contribution in [0.4, 0.5) is 0 Å². The molecule has 23 heavy (non-hydrogen) atoms. The zero-order chi connectivity index (χ0) is 17.3. The van der Waals surface area contributed by atoms with Gasteiger partial charge in [0.05, 0.1) is 0 Å². The minimum Gasteiger partial charge on any atom is -0.316 e. The van der Waals surface area contributed by atoms with E-state index in [0.717, 1.165) is 24.8 Å². The Bertz CT molecular complexity index is 588. The number of aliphatic imine (C=N–C) groups is 1. The fourth-order valence-electron chi connectivity index (χ4n) is 3.35. The maximum absolute atomic E-state index is 12.6. The molecule has 0 radical (unpaired) electrons. The molecule has 4 nitrogen and oxygen atoms in total. The van der Waals surface area contributed by atoms with Crippen LogP contribution in [0.2, 0.25) is 0 Å². The molecular weight excluding hydrogens is 286 g/mol. The summed E-state index contributed by atoms with van der Waals surface area (Å²) in [4.78, 5) is 23.3. The van der Waals surface area contributed by atoms with Gasteiger partial charge in [0.2, 0.25) is 0 Å². The van der Waals surface area contributed by atoms with Gasteiger partial charge in [-0.3, -0.25) is 14.8 Å². The Hall–Kier alpha value is -1.71. The quantitative estimate of drug-likeness (QED) is 0.827. The molecule has 2 atom stereocenters. The van der Waals surface area contributed by atoms with Crippen molar-refractivity contribution in [2.24, 2.45) is 16.3 Å². The molecule has 0 spiro atoms. The summed E-state index contributed by atoms with van der Waals surface area (Å²) in [5, 5.41) is 0. The van der Waals surface area contributed by atoms with Crippen LogP contribution < -0.4 is 0 Å². The predicted molar refractivity (Wildman–Crippen MR) is 94.4 cm³/mol. The molecule has 1 aliphatic heterocycles. The number of amides is 1. The van der Waals surface area contributed by atoms with Crippen LogP contribution >= 0.6 is 0 Å². The number of hydrogen-bond acceptors (Lipinski definition) is 3. The highest BCUT2D eigenvalue weighted by Crippen LogP contribution is 2.37. The molecule has 0 bridgehead atoms. The molecule has 2 rings (SSSR count). The van der Waals surface area contributed by atoms with Crippen LogP contribution in [0.3, 0.4) is 0 Å². The Morgan fingerprint density at radius 2 is 2.04 bits per heavy atom. The number of aromatic nitrogens is 1. The van der Waals surface area contributed by atoms with Gasteiger partial charge < -0.3 is 4.90 Å². The van der Waals surface area contributed by atoms with Crippen LogP contribution in [-0.2, 0) is 4.79 Å². The van der Waals surface area contributed by atoms with E-state index in [1.807, 2.05) is 19.2 Å². The van der Waals surface area contributed by atoms with E-state index < -0.39 is 5.66 Å². The molecule has 0 aromatic carbocycles. The molecule has 2 heterocycles. The normalized spacial score (nSPS) is 23.1. The number of likely N-dealkylation sites (N-methyl/N-ethyl adjacent to an activating group) is 1.